The largest absolute Gasteiger partial charge is 0.308 e. The van der Waals surface area contributed by atoms with E-state index in [-0.39, 0.29) is 0 Å². The van der Waals surface area contributed by atoms with Crippen molar-refractivity contribution in [3.05, 3.63) is 24.3 Å². The third kappa shape index (κ3) is 4.10. The number of aromatic nitrogens is 2. The molecule has 1 aromatic heterocycles. The van der Waals surface area contributed by atoms with Gasteiger partial charge in [-0.25, -0.2) is 0 Å². The fourth-order valence-electron chi connectivity index (χ4n) is 1.52. The fourth-order valence-corrected chi connectivity index (χ4v) is 2.62. The molecule has 1 aliphatic carbocycles. The minimum Gasteiger partial charge on any atom is -0.308 e. The molecule has 4 heteroatoms. The lowest BCUT2D eigenvalue weighted by Gasteiger charge is -2.12. The average Bonchev–Trinajstić information content (AvgIpc) is 3.13. The lowest BCUT2D eigenvalue weighted by atomic mass is 10.2. The quantitative estimate of drug-likeness (QED) is 0.738. The van der Waals surface area contributed by atoms with Crippen LogP contribution in [0.3, 0.4) is 0 Å². The Kier molecular flexibility index (Phi) is 4.60. The lowest BCUT2D eigenvalue weighted by Crippen LogP contribution is -2.22. The lowest BCUT2D eigenvalue weighted by molar-refractivity contribution is 0.583. The zero-order valence-electron chi connectivity index (χ0n) is 9.72. The smallest absolute Gasteiger partial charge is 0.0753 e. The highest BCUT2D eigenvalue weighted by molar-refractivity contribution is 7.99. The SMILES string of the molecule is CC(NCCSCC1CC1)c1cnccn1. The molecule has 16 heavy (non-hydrogen) atoms. The second-order valence-corrected chi connectivity index (χ2v) is 5.47. The van der Waals surface area contributed by atoms with Gasteiger partial charge in [0.25, 0.3) is 0 Å². The second-order valence-electron chi connectivity index (χ2n) is 4.32. The van der Waals surface area contributed by atoms with Gasteiger partial charge in [-0.3, -0.25) is 9.97 Å². The van der Waals surface area contributed by atoms with Gasteiger partial charge in [0.2, 0.25) is 0 Å². The van der Waals surface area contributed by atoms with E-state index in [1.54, 1.807) is 12.4 Å². The molecular formula is C12H19N3S. The highest BCUT2D eigenvalue weighted by Crippen LogP contribution is 2.32. The molecule has 1 atom stereocenters. The molecule has 1 N–H and O–H groups in total. The number of hydrogen-bond acceptors (Lipinski definition) is 4. The Balaban J connectivity index is 1.58. The second kappa shape index (κ2) is 6.21. The average molecular weight is 237 g/mol. The third-order valence-corrected chi connectivity index (χ3v) is 3.97. The van der Waals surface area contributed by atoms with Gasteiger partial charge in [-0.2, -0.15) is 11.8 Å². The molecule has 0 bridgehead atoms. The minimum absolute atomic E-state index is 0.301. The van der Waals surface area contributed by atoms with Crippen molar-refractivity contribution in [3.63, 3.8) is 0 Å². The number of nitrogens with one attached hydrogen (secondary N) is 1. The van der Waals surface area contributed by atoms with E-state index in [9.17, 15) is 0 Å². The topological polar surface area (TPSA) is 37.8 Å². The van der Waals surface area contributed by atoms with Crippen LogP contribution in [0.4, 0.5) is 0 Å². The molecule has 0 radical (unpaired) electrons. The predicted octanol–water partition coefficient (Wildman–Crippen LogP) is 2.27. The first-order chi connectivity index (χ1) is 7.86. The van der Waals surface area contributed by atoms with Crippen molar-refractivity contribution in [2.75, 3.05) is 18.1 Å². The van der Waals surface area contributed by atoms with Gasteiger partial charge in [0.1, 0.15) is 0 Å². The zero-order chi connectivity index (χ0) is 11.2. The van der Waals surface area contributed by atoms with Crippen LogP contribution < -0.4 is 5.32 Å². The van der Waals surface area contributed by atoms with Crippen LogP contribution in [0.2, 0.25) is 0 Å². The molecule has 1 unspecified atom stereocenters. The molecule has 2 rings (SSSR count). The monoisotopic (exact) mass is 237 g/mol. The van der Waals surface area contributed by atoms with Crippen LogP contribution in [-0.2, 0) is 0 Å². The van der Waals surface area contributed by atoms with Crippen LogP contribution >= 0.6 is 11.8 Å². The van der Waals surface area contributed by atoms with Gasteiger partial charge in [0.05, 0.1) is 5.69 Å². The summed E-state index contributed by atoms with van der Waals surface area (Å²) in [6.07, 6.45) is 8.19. The van der Waals surface area contributed by atoms with Crippen LogP contribution in [0, 0.1) is 5.92 Å². The molecule has 3 nitrogen and oxygen atoms in total. The summed E-state index contributed by atoms with van der Waals surface area (Å²) < 4.78 is 0. The fraction of sp³-hybridized carbons (Fsp3) is 0.667. The minimum atomic E-state index is 0.301. The molecule has 0 aliphatic heterocycles. The summed E-state index contributed by atoms with van der Waals surface area (Å²) in [6, 6.07) is 0.301. The van der Waals surface area contributed by atoms with Crippen LogP contribution in [-0.4, -0.2) is 28.0 Å². The normalized spacial score (nSPS) is 17.3. The standard InChI is InChI=1S/C12H19N3S/c1-10(12-8-13-4-5-15-12)14-6-7-16-9-11-2-3-11/h4-5,8,10-11,14H,2-3,6-7,9H2,1H3. The van der Waals surface area contributed by atoms with Gasteiger partial charge in [-0.05, 0) is 31.4 Å². The zero-order valence-corrected chi connectivity index (χ0v) is 10.5. The van der Waals surface area contributed by atoms with Gasteiger partial charge in [0, 0.05) is 36.9 Å². The van der Waals surface area contributed by atoms with E-state index in [1.165, 1.54) is 24.3 Å². The van der Waals surface area contributed by atoms with Crippen LogP contribution in [0.15, 0.2) is 18.6 Å². The Hall–Kier alpha value is -0.610. The Morgan fingerprint density at radius 3 is 3.06 bits per heavy atom. The Labute approximate surface area is 101 Å². The van der Waals surface area contributed by atoms with E-state index < -0.39 is 0 Å². The summed E-state index contributed by atoms with van der Waals surface area (Å²) >= 11 is 2.06. The molecule has 1 saturated carbocycles. The predicted molar refractivity (Wildman–Crippen MR) is 68.5 cm³/mol. The van der Waals surface area contributed by atoms with Crippen molar-refractivity contribution in [3.8, 4) is 0 Å². The summed E-state index contributed by atoms with van der Waals surface area (Å²) in [4.78, 5) is 8.36. The summed E-state index contributed by atoms with van der Waals surface area (Å²) in [5.74, 6) is 3.57. The maximum atomic E-state index is 4.28. The van der Waals surface area contributed by atoms with Crippen molar-refractivity contribution in [2.45, 2.75) is 25.8 Å². The van der Waals surface area contributed by atoms with Crippen molar-refractivity contribution in [2.24, 2.45) is 5.92 Å². The maximum absolute atomic E-state index is 4.28. The molecule has 1 heterocycles. The summed E-state index contributed by atoms with van der Waals surface area (Å²) in [5.41, 5.74) is 1.02. The summed E-state index contributed by atoms with van der Waals surface area (Å²) in [6.45, 7) is 3.19. The van der Waals surface area contributed by atoms with E-state index in [0.717, 1.165) is 18.2 Å². The number of hydrogen-bond donors (Lipinski definition) is 1. The Morgan fingerprint density at radius 2 is 2.38 bits per heavy atom. The van der Waals surface area contributed by atoms with E-state index in [0.29, 0.717) is 6.04 Å². The van der Waals surface area contributed by atoms with Gasteiger partial charge in [-0.15, -0.1) is 0 Å². The molecule has 1 aromatic rings. The maximum Gasteiger partial charge on any atom is 0.0753 e. The van der Waals surface area contributed by atoms with Crippen LogP contribution in [0.5, 0.6) is 0 Å². The van der Waals surface area contributed by atoms with Crippen molar-refractivity contribution >= 4 is 11.8 Å². The third-order valence-electron chi connectivity index (χ3n) is 2.77. The highest BCUT2D eigenvalue weighted by Gasteiger charge is 2.20. The molecule has 1 fully saturated rings. The van der Waals surface area contributed by atoms with E-state index in [4.69, 9.17) is 0 Å². The number of thioether (sulfide) groups is 1. The molecule has 0 amide bonds. The molecule has 0 saturated heterocycles. The van der Waals surface area contributed by atoms with E-state index >= 15 is 0 Å². The Morgan fingerprint density at radius 1 is 1.50 bits per heavy atom. The molecule has 0 spiro atoms. The first kappa shape index (κ1) is 11.9. The van der Waals surface area contributed by atoms with Gasteiger partial charge in [-0.1, -0.05) is 0 Å². The van der Waals surface area contributed by atoms with Gasteiger partial charge < -0.3 is 5.32 Å². The van der Waals surface area contributed by atoms with E-state index in [2.05, 4.69) is 34.0 Å². The molecule has 1 aliphatic rings. The van der Waals surface area contributed by atoms with Gasteiger partial charge >= 0.3 is 0 Å². The van der Waals surface area contributed by atoms with Crippen molar-refractivity contribution in [1.82, 2.24) is 15.3 Å². The van der Waals surface area contributed by atoms with E-state index in [1.807, 2.05) is 6.20 Å². The molecular weight excluding hydrogens is 218 g/mol. The van der Waals surface area contributed by atoms with Crippen molar-refractivity contribution < 1.29 is 0 Å². The first-order valence-corrected chi connectivity index (χ1v) is 7.09. The Bertz CT molecular complexity index is 300. The number of rotatable bonds is 7. The first-order valence-electron chi connectivity index (χ1n) is 5.93. The van der Waals surface area contributed by atoms with Crippen LogP contribution in [0.25, 0.3) is 0 Å². The highest BCUT2D eigenvalue weighted by atomic mass is 32.2. The molecule has 88 valence electrons. The number of nitrogens with zero attached hydrogens (tertiary/aromatic N) is 2. The summed E-state index contributed by atoms with van der Waals surface area (Å²) in [7, 11) is 0. The summed E-state index contributed by atoms with van der Waals surface area (Å²) in [5, 5.41) is 3.47. The van der Waals surface area contributed by atoms with Crippen LogP contribution in [0.1, 0.15) is 31.5 Å². The van der Waals surface area contributed by atoms with Gasteiger partial charge in [0.15, 0.2) is 0 Å². The molecule has 0 aromatic carbocycles. The van der Waals surface area contributed by atoms with Crippen molar-refractivity contribution in [1.29, 1.82) is 0 Å².